The first-order chi connectivity index (χ1) is 10.7. The summed E-state index contributed by atoms with van der Waals surface area (Å²) >= 11 is 0. The Morgan fingerprint density at radius 2 is 1.91 bits per heavy atom. The van der Waals surface area contributed by atoms with Crippen LogP contribution in [0.3, 0.4) is 0 Å². The number of urea groups is 1. The molecule has 22 heavy (non-hydrogen) atoms. The van der Waals surface area contributed by atoms with Crippen LogP contribution in [0.15, 0.2) is 42.6 Å². The molecule has 2 rings (SSSR count). The Labute approximate surface area is 128 Å². The van der Waals surface area contributed by atoms with Crippen LogP contribution in [-0.2, 0) is 13.1 Å². The Hall–Kier alpha value is -2.63. The number of pyridine rings is 1. The number of benzene rings is 1. The lowest BCUT2D eigenvalue weighted by molar-refractivity contribution is 0.240. The molecular formula is C16H18FN3O2. The molecule has 0 unspecified atom stereocenters. The van der Waals surface area contributed by atoms with Gasteiger partial charge in [-0.05, 0) is 30.7 Å². The van der Waals surface area contributed by atoms with Gasteiger partial charge in [0.15, 0.2) is 0 Å². The molecule has 0 aliphatic carbocycles. The molecule has 0 saturated carbocycles. The number of amides is 2. The van der Waals surface area contributed by atoms with Gasteiger partial charge in [-0.1, -0.05) is 18.2 Å². The molecule has 0 aliphatic rings. The number of carbonyl (C=O) groups excluding carboxylic acids is 1. The molecule has 0 atom stereocenters. The number of nitrogens with one attached hydrogen (secondary N) is 2. The highest BCUT2D eigenvalue weighted by Crippen LogP contribution is 2.13. The summed E-state index contributed by atoms with van der Waals surface area (Å²) in [5.41, 5.74) is 1.63. The van der Waals surface area contributed by atoms with Crippen LogP contribution in [0.1, 0.15) is 18.1 Å². The normalized spacial score (nSPS) is 10.1. The summed E-state index contributed by atoms with van der Waals surface area (Å²) in [6.07, 6.45) is 1.64. The molecule has 116 valence electrons. The van der Waals surface area contributed by atoms with Gasteiger partial charge in [0.2, 0.25) is 5.88 Å². The van der Waals surface area contributed by atoms with Crippen LogP contribution in [0.5, 0.6) is 5.88 Å². The van der Waals surface area contributed by atoms with E-state index in [2.05, 4.69) is 15.6 Å². The summed E-state index contributed by atoms with van der Waals surface area (Å²) in [6, 6.07) is 9.30. The zero-order valence-corrected chi connectivity index (χ0v) is 12.3. The summed E-state index contributed by atoms with van der Waals surface area (Å²) in [7, 11) is 0. The third kappa shape index (κ3) is 4.73. The van der Waals surface area contributed by atoms with Crippen molar-refractivity contribution >= 4 is 6.03 Å². The lowest BCUT2D eigenvalue weighted by atomic mass is 10.2. The van der Waals surface area contributed by atoms with Crippen LogP contribution < -0.4 is 15.4 Å². The Balaban J connectivity index is 1.81. The van der Waals surface area contributed by atoms with E-state index in [-0.39, 0.29) is 11.8 Å². The fraction of sp³-hybridized carbons (Fsp3) is 0.250. The summed E-state index contributed by atoms with van der Waals surface area (Å²) < 4.78 is 18.2. The van der Waals surface area contributed by atoms with Gasteiger partial charge in [0, 0.05) is 24.8 Å². The second-order valence-corrected chi connectivity index (χ2v) is 4.56. The van der Waals surface area contributed by atoms with Crippen LogP contribution >= 0.6 is 0 Å². The first-order valence-electron chi connectivity index (χ1n) is 7.02. The van der Waals surface area contributed by atoms with Gasteiger partial charge in [-0.25, -0.2) is 14.2 Å². The van der Waals surface area contributed by atoms with Crippen LogP contribution in [0, 0.1) is 5.82 Å². The Bertz CT molecular complexity index is 617. The number of hydrogen-bond acceptors (Lipinski definition) is 3. The lowest BCUT2D eigenvalue weighted by Gasteiger charge is -2.10. The first kappa shape index (κ1) is 15.8. The SMILES string of the molecule is CCOc1ncccc1CNC(=O)NCc1ccc(F)cc1. The summed E-state index contributed by atoms with van der Waals surface area (Å²) in [6.45, 7) is 3.04. The standard InChI is InChI=1S/C16H18FN3O2/c1-2-22-15-13(4-3-9-18-15)11-20-16(21)19-10-12-5-7-14(17)8-6-12/h3-9H,2,10-11H2,1H3,(H2,19,20,21). The van der Waals surface area contributed by atoms with Crippen LogP contribution in [0.4, 0.5) is 9.18 Å². The van der Waals surface area contributed by atoms with Crippen LogP contribution in [0.25, 0.3) is 0 Å². The van der Waals surface area contributed by atoms with E-state index < -0.39 is 0 Å². The predicted molar refractivity (Wildman–Crippen MR) is 80.9 cm³/mol. The molecular weight excluding hydrogens is 285 g/mol. The molecule has 6 heteroatoms. The van der Waals surface area contributed by atoms with E-state index in [1.807, 2.05) is 13.0 Å². The lowest BCUT2D eigenvalue weighted by Crippen LogP contribution is -2.34. The smallest absolute Gasteiger partial charge is 0.315 e. The number of rotatable bonds is 6. The molecule has 0 spiro atoms. The van der Waals surface area contributed by atoms with Crippen molar-refractivity contribution in [2.24, 2.45) is 0 Å². The monoisotopic (exact) mass is 303 g/mol. The van der Waals surface area contributed by atoms with Crippen LogP contribution in [-0.4, -0.2) is 17.6 Å². The quantitative estimate of drug-likeness (QED) is 0.862. The average Bonchev–Trinajstić information content (AvgIpc) is 2.54. The topological polar surface area (TPSA) is 63.2 Å². The maximum absolute atomic E-state index is 12.8. The van der Waals surface area contributed by atoms with E-state index in [0.717, 1.165) is 11.1 Å². The molecule has 5 nitrogen and oxygen atoms in total. The van der Waals surface area contributed by atoms with Gasteiger partial charge in [0.1, 0.15) is 5.82 Å². The summed E-state index contributed by atoms with van der Waals surface area (Å²) in [5, 5.41) is 5.44. The number of hydrogen-bond donors (Lipinski definition) is 2. The number of halogens is 1. The van der Waals surface area contributed by atoms with Gasteiger partial charge in [-0.3, -0.25) is 0 Å². The number of nitrogens with zero attached hydrogens (tertiary/aromatic N) is 1. The Morgan fingerprint density at radius 1 is 1.18 bits per heavy atom. The summed E-state index contributed by atoms with van der Waals surface area (Å²) in [5.74, 6) is 0.220. The second kappa shape index (κ2) is 7.97. The number of aromatic nitrogens is 1. The molecule has 0 fully saturated rings. The molecule has 1 heterocycles. The zero-order chi connectivity index (χ0) is 15.8. The minimum atomic E-state index is -0.310. The van der Waals surface area contributed by atoms with Crippen molar-refractivity contribution in [2.45, 2.75) is 20.0 Å². The first-order valence-corrected chi connectivity index (χ1v) is 7.02. The minimum Gasteiger partial charge on any atom is -0.478 e. The van der Waals surface area contributed by atoms with Crippen molar-refractivity contribution in [3.8, 4) is 5.88 Å². The number of ether oxygens (including phenoxy) is 1. The third-order valence-electron chi connectivity index (χ3n) is 2.94. The maximum atomic E-state index is 12.8. The Kier molecular flexibility index (Phi) is 5.71. The van der Waals surface area contributed by atoms with E-state index in [0.29, 0.717) is 25.6 Å². The molecule has 2 amide bonds. The van der Waals surface area contributed by atoms with Gasteiger partial charge in [0.05, 0.1) is 6.61 Å². The van der Waals surface area contributed by atoms with Crippen LogP contribution in [0.2, 0.25) is 0 Å². The number of carbonyl (C=O) groups is 1. The van der Waals surface area contributed by atoms with Gasteiger partial charge in [-0.15, -0.1) is 0 Å². The van der Waals surface area contributed by atoms with Gasteiger partial charge >= 0.3 is 6.03 Å². The molecule has 1 aromatic heterocycles. The van der Waals surface area contributed by atoms with Crippen molar-refractivity contribution in [1.82, 2.24) is 15.6 Å². The largest absolute Gasteiger partial charge is 0.478 e. The fourth-order valence-corrected chi connectivity index (χ4v) is 1.85. The minimum absolute atomic E-state index is 0.298. The maximum Gasteiger partial charge on any atom is 0.315 e. The van der Waals surface area contributed by atoms with Crippen molar-refractivity contribution in [2.75, 3.05) is 6.61 Å². The molecule has 1 aromatic carbocycles. The van der Waals surface area contributed by atoms with E-state index in [9.17, 15) is 9.18 Å². The zero-order valence-electron chi connectivity index (χ0n) is 12.3. The third-order valence-corrected chi connectivity index (χ3v) is 2.94. The average molecular weight is 303 g/mol. The van der Waals surface area contributed by atoms with Crippen molar-refractivity contribution in [3.05, 3.63) is 59.5 Å². The van der Waals surface area contributed by atoms with E-state index in [1.165, 1.54) is 12.1 Å². The predicted octanol–water partition coefficient (Wildman–Crippen LogP) is 2.62. The van der Waals surface area contributed by atoms with E-state index in [1.54, 1.807) is 24.4 Å². The van der Waals surface area contributed by atoms with E-state index in [4.69, 9.17) is 4.74 Å². The van der Waals surface area contributed by atoms with Crippen molar-refractivity contribution < 1.29 is 13.9 Å². The van der Waals surface area contributed by atoms with Gasteiger partial charge in [0.25, 0.3) is 0 Å². The highest BCUT2D eigenvalue weighted by atomic mass is 19.1. The molecule has 0 saturated heterocycles. The highest BCUT2D eigenvalue weighted by Gasteiger charge is 2.06. The second-order valence-electron chi connectivity index (χ2n) is 4.56. The summed E-state index contributed by atoms with van der Waals surface area (Å²) in [4.78, 5) is 15.9. The molecule has 0 aliphatic heterocycles. The highest BCUT2D eigenvalue weighted by molar-refractivity contribution is 5.73. The molecule has 2 N–H and O–H groups in total. The molecule has 0 radical (unpaired) electrons. The van der Waals surface area contributed by atoms with Crippen molar-refractivity contribution in [3.63, 3.8) is 0 Å². The fourth-order valence-electron chi connectivity index (χ4n) is 1.85. The van der Waals surface area contributed by atoms with Gasteiger partial charge < -0.3 is 15.4 Å². The van der Waals surface area contributed by atoms with Crippen molar-refractivity contribution in [1.29, 1.82) is 0 Å². The van der Waals surface area contributed by atoms with Gasteiger partial charge in [-0.2, -0.15) is 0 Å². The Morgan fingerprint density at radius 3 is 2.64 bits per heavy atom. The van der Waals surface area contributed by atoms with E-state index >= 15 is 0 Å². The molecule has 2 aromatic rings. The molecule has 0 bridgehead atoms.